The minimum atomic E-state index is 0.0723. The van der Waals surface area contributed by atoms with Crippen LogP contribution in [0.25, 0.3) is 0 Å². The normalized spacial score (nSPS) is 10.8. The summed E-state index contributed by atoms with van der Waals surface area (Å²) in [7, 11) is 3.85. The molecule has 0 aromatic carbocycles. The molecule has 1 heterocycles. The average molecular weight is 209 g/mol. The zero-order chi connectivity index (χ0) is 11.7. The second-order valence-electron chi connectivity index (χ2n) is 4.03. The van der Waals surface area contributed by atoms with Gasteiger partial charge in [-0.15, -0.1) is 0 Å². The predicted octanol–water partition coefficient (Wildman–Crippen LogP) is 0.857. The number of hydrogen-bond donors (Lipinski definition) is 2. The summed E-state index contributed by atoms with van der Waals surface area (Å²) < 4.78 is 1.77. The molecular weight excluding hydrogens is 190 g/mol. The maximum atomic E-state index is 7.56. The highest BCUT2D eigenvalue weighted by Crippen LogP contribution is 2.22. The lowest BCUT2D eigenvalue weighted by Gasteiger charge is -2.24. The summed E-state index contributed by atoms with van der Waals surface area (Å²) in [5.74, 6) is 0.970. The van der Waals surface area contributed by atoms with Crippen molar-refractivity contribution >= 4 is 11.7 Å². The van der Waals surface area contributed by atoms with E-state index in [0.29, 0.717) is 6.04 Å². The Labute approximate surface area is 90.4 Å². The van der Waals surface area contributed by atoms with Gasteiger partial charge in [-0.2, -0.15) is 5.10 Å². The molecule has 15 heavy (non-hydrogen) atoms. The number of nitrogens with two attached hydrogens (primary N) is 1. The van der Waals surface area contributed by atoms with E-state index in [0.717, 1.165) is 17.1 Å². The van der Waals surface area contributed by atoms with Gasteiger partial charge >= 0.3 is 0 Å². The minimum Gasteiger partial charge on any atom is -0.384 e. The molecule has 0 spiro atoms. The lowest BCUT2D eigenvalue weighted by molar-refractivity contribution is 0.681. The summed E-state index contributed by atoms with van der Waals surface area (Å²) in [6.45, 7) is 6.05. The van der Waals surface area contributed by atoms with Crippen LogP contribution in [0.4, 0.5) is 5.82 Å². The number of anilines is 1. The second kappa shape index (κ2) is 3.92. The third kappa shape index (κ3) is 1.95. The van der Waals surface area contributed by atoms with Gasteiger partial charge in [0.1, 0.15) is 11.7 Å². The Hall–Kier alpha value is -1.52. The van der Waals surface area contributed by atoms with Crippen molar-refractivity contribution < 1.29 is 0 Å². The van der Waals surface area contributed by atoms with Gasteiger partial charge < -0.3 is 10.6 Å². The summed E-state index contributed by atoms with van der Waals surface area (Å²) in [5.41, 5.74) is 7.10. The topological polar surface area (TPSA) is 70.9 Å². The number of amidine groups is 1. The van der Waals surface area contributed by atoms with Crippen molar-refractivity contribution in [3.63, 3.8) is 0 Å². The molecule has 0 atom stereocenters. The van der Waals surface area contributed by atoms with Crippen LogP contribution in [-0.2, 0) is 7.05 Å². The first-order chi connectivity index (χ1) is 6.86. The Bertz CT molecular complexity index is 377. The molecule has 0 amide bonds. The van der Waals surface area contributed by atoms with Gasteiger partial charge in [-0.1, -0.05) is 0 Å². The average Bonchev–Trinajstić information content (AvgIpc) is 2.39. The molecule has 0 fully saturated rings. The molecule has 3 N–H and O–H groups in total. The van der Waals surface area contributed by atoms with Crippen LogP contribution in [0.1, 0.15) is 25.1 Å². The third-order valence-electron chi connectivity index (χ3n) is 2.57. The molecule has 0 saturated carbocycles. The number of aromatic nitrogens is 2. The van der Waals surface area contributed by atoms with Crippen LogP contribution in [-0.4, -0.2) is 28.7 Å². The number of nitrogen functional groups attached to an aromatic ring is 1. The number of hydrogen-bond acceptors (Lipinski definition) is 3. The van der Waals surface area contributed by atoms with Gasteiger partial charge in [-0.3, -0.25) is 10.1 Å². The van der Waals surface area contributed by atoms with E-state index in [1.54, 1.807) is 4.68 Å². The number of aryl methyl sites for hydroxylation is 2. The van der Waals surface area contributed by atoms with Crippen molar-refractivity contribution in [2.45, 2.75) is 26.8 Å². The smallest absolute Gasteiger partial charge is 0.137 e. The van der Waals surface area contributed by atoms with Crippen LogP contribution in [0.15, 0.2) is 0 Å². The first kappa shape index (κ1) is 11.6. The third-order valence-corrected chi connectivity index (χ3v) is 2.57. The van der Waals surface area contributed by atoms with Crippen molar-refractivity contribution in [2.24, 2.45) is 12.8 Å². The minimum absolute atomic E-state index is 0.0723. The van der Waals surface area contributed by atoms with E-state index in [-0.39, 0.29) is 5.84 Å². The second-order valence-corrected chi connectivity index (χ2v) is 4.03. The summed E-state index contributed by atoms with van der Waals surface area (Å²) >= 11 is 0. The molecule has 1 rings (SSSR count). The number of nitrogens with one attached hydrogen (secondary N) is 1. The first-order valence-electron chi connectivity index (χ1n) is 4.97. The quantitative estimate of drug-likeness (QED) is 0.573. The van der Waals surface area contributed by atoms with Crippen LogP contribution in [0.3, 0.4) is 0 Å². The maximum Gasteiger partial charge on any atom is 0.137 e. The fourth-order valence-electron chi connectivity index (χ4n) is 1.61. The number of rotatable bonds is 3. The highest BCUT2D eigenvalue weighted by Gasteiger charge is 2.20. The fraction of sp³-hybridized carbons (Fsp3) is 0.600. The van der Waals surface area contributed by atoms with Crippen LogP contribution in [0, 0.1) is 12.3 Å². The van der Waals surface area contributed by atoms with E-state index in [4.69, 9.17) is 11.1 Å². The maximum absolute atomic E-state index is 7.56. The molecule has 0 aliphatic carbocycles. The SMILES string of the molecule is Cc1nn(C)c(N(C)C(C)C)c1C(=N)N. The molecule has 84 valence electrons. The highest BCUT2D eigenvalue weighted by atomic mass is 15.4. The van der Waals surface area contributed by atoms with E-state index < -0.39 is 0 Å². The van der Waals surface area contributed by atoms with E-state index in [9.17, 15) is 0 Å². The van der Waals surface area contributed by atoms with E-state index >= 15 is 0 Å². The van der Waals surface area contributed by atoms with E-state index in [2.05, 4.69) is 23.8 Å². The molecule has 0 bridgehead atoms. The summed E-state index contributed by atoms with van der Waals surface area (Å²) in [6, 6.07) is 0.345. The highest BCUT2D eigenvalue weighted by molar-refractivity contribution is 6.00. The molecule has 5 nitrogen and oxygen atoms in total. The van der Waals surface area contributed by atoms with Crippen LogP contribution in [0.2, 0.25) is 0 Å². The molecule has 0 saturated heterocycles. The lowest BCUT2D eigenvalue weighted by atomic mass is 10.2. The summed E-state index contributed by atoms with van der Waals surface area (Å²) in [4.78, 5) is 2.07. The Morgan fingerprint density at radius 3 is 2.47 bits per heavy atom. The Morgan fingerprint density at radius 2 is 2.07 bits per heavy atom. The fourth-order valence-corrected chi connectivity index (χ4v) is 1.61. The molecule has 0 aliphatic rings. The largest absolute Gasteiger partial charge is 0.384 e. The van der Waals surface area contributed by atoms with Crippen molar-refractivity contribution in [2.75, 3.05) is 11.9 Å². The van der Waals surface area contributed by atoms with E-state index in [1.165, 1.54) is 0 Å². The van der Waals surface area contributed by atoms with Gasteiger partial charge in [-0.25, -0.2) is 0 Å². The van der Waals surface area contributed by atoms with Gasteiger partial charge in [-0.05, 0) is 20.8 Å². The molecule has 0 radical (unpaired) electrons. The van der Waals surface area contributed by atoms with Gasteiger partial charge in [0.15, 0.2) is 0 Å². The molecular formula is C10H19N5. The number of nitrogens with zero attached hydrogens (tertiary/aromatic N) is 3. The Kier molecular flexibility index (Phi) is 3.02. The predicted molar refractivity (Wildman–Crippen MR) is 62.5 cm³/mol. The van der Waals surface area contributed by atoms with Crippen molar-refractivity contribution in [1.29, 1.82) is 5.41 Å². The lowest BCUT2D eigenvalue weighted by Crippen LogP contribution is -2.30. The molecule has 0 aliphatic heterocycles. The van der Waals surface area contributed by atoms with Crippen molar-refractivity contribution in [3.05, 3.63) is 11.3 Å². The zero-order valence-corrected chi connectivity index (χ0v) is 10.00. The van der Waals surface area contributed by atoms with Gasteiger partial charge in [0.2, 0.25) is 0 Å². The van der Waals surface area contributed by atoms with Crippen LogP contribution in [0.5, 0.6) is 0 Å². The standard InChI is InChI=1S/C10H19N5/c1-6(2)14(4)10-8(9(11)12)7(3)13-15(10)5/h6H,1-5H3,(H3,11,12). The zero-order valence-electron chi connectivity index (χ0n) is 10.00. The monoisotopic (exact) mass is 209 g/mol. The first-order valence-corrected chi connectivity index (χ1v) is 4.97. The van der Waals surface area contributed by atoms with Crippen LogP contribution >= 0.6 is 0 Å². The Morgan fingerprint density at radius 1 is 1.53 bits per heavy atom. The molecule has 5 heteroatoms. The molecule has 0 unspecified atom stereocenters. The van der Waals surface area contributed by atoms with E-state index in [1.807, 2.05) is 21.0 Å². The van der Waals surface area contributed by atoms with Gasteiger partial charge in [0.05, 0.1) is 11.3 Å². The van der Waals surface area contributed by atoms with Crippen molar-refractivity contribution in [1.82, 2.24) is 9.78 Å². The van der Waals surface area contributed by atoms with Crippen LogP contribution < -0.4 is 10.6 Å². The van der Waals surface area contributed by atoms with Crippen molar-refractivity contribution in [3.8, 4) is 0 Å². The Balaban J connectivity index is 3.32. The molecule has 1 aromatic heterocycles. The van der Waals surface area contributed by atoms with Gasteiger partial charge in [0, 0.05) is 20.1 Å². The van der Waals surface area contributed by atoms with Gasteiger partial charge in [0.25, 0.3) is 0 Å². The summed E-state index contributed by atoms with van der Waals surface area (Å²) in [5, 5.41) is 11.9. The molecule has 1 aromatic rings. The summed E-state index contributed by atoms with van der Waals surface area (Å²) in [6.07, 6.45) is 0.